The first-order valence-electron chi connectivity index (χ1n) is 8.64. The highest BCUT2D eigenvalue weighted by molar-refractivity contribution is 7.99. The SMILES string of the molecule is OCC1O[C@H](Sc2ccc(Cl)c(Cl)c2)C(O)C(n2cc(-c3csc(Cl)n3)nn2)[C@H]1O. The van der Waals surface area contributed by atoms with Crippen molar-refractivity contribution in [3.8, 4) is 11.4 Å². The lowest BCUT2D eigenvalue weighted by atomic mass is 9.97. The summed E-state index contributed by atoms with van der Waals surface area (Å²) in [6.45, 7) is -0.438. The molecule has 13 heteroatoms. The second kappa shape index (κ2) is 9.27. The Hall–Kier alpha value is -0.950. The minimum Gasteiger partial charge on any atom is -0.394 e. The zero-order chi connectivity index (χ0) is 21.4. The minimum atomic E-state index is -1.22. The summed E-state index contributed by atoms with van der Waals surface area (Å²) in [7, 11) is 0. The van der Waals surface area contributed by atoms with E-state index in [2.05, 4.69) is 15.3 Å². The molecule has 0 aliphatic carbocycles. The molecule has 1 saturated heterocycles. The third-order valence-corrected chi connectivity index (χ3v) is 7.41. The molecule has 3 unspecified atom stereocenters. The number of thioether (sulfide) groups is 1. The van der Waals surface area contributed by atoms with Crippen molar-refractivity contribution in [3.63, 3.8) is 0 Å². The van der Waals surface area contributed by atoms with E-state index in [1.807, 2.05) is 0 Å². The largest absolute Gasteiger partial charge is 0.394 e. The molecule has 160 valence electrons. The first-order valence-corrected chi connectivity index (χ1v) is 11.5. The second-order valence-electron chi connectivity index (χ2n) is 6.46. The molecule has 3 aromatic rings. The number of benzene rings is 1. The monoisotopic (exact) mass is 508 g/mol. The fourth-order valence-corrected chi connectivity index (χ4v) is 5.29. The van der Waals surface area contributed by atoms with E-state index in [0.29, 0.717) is 30.8 Å². The highest BCUT2D eigenvalue weighted by Gasteiger charge is 2.46. The lowest BCUT2D eigenvalue weighted by Crippen LogP contribution is -2.55. The summed E-state index contributed by atoms with van der Waals surface area (Å²) in [5, 5.41) is 41.9. The average molecular weight is 510 g/mol. The predicted molar refractivity (Wildman–Crippen MR) is 115 cm³/mol. The molecule has 0 saturated carbocycles. The molecule has 4 rings (SSSR count). The first-order chi connectivity index (χ1) is 14.4. The molecule has 0 spiro atoms. The highest BCUT2D eigenvalue weighted by atomic mass is 35.5. The summed E-state index contributed by atoms with van der Waals surface area (Å²) >= 11 is 20.3. The van der Waals surface area contributed by atoms with Crippen molar-refractivity contribution in [1.29, 1.82) is 0 Å². The van der Waals surface area contributed by atoms with Crippen LogP contribution in [0.15, 0.2) is 34.7 Å². The number of nitrogens with zero attached hydrogens (tertiary/aromatic N) is 4. The van der Waals surface area contributed by atoms with Gasteiger partial charge in [0.2, 0.25) is 0 Å². The predicted octanol–water partition coefficient (Wildman–Crippen LogP) is 3.13. The van der Waals surface area contributed by atoms with Crippen molar-refractivity contribution in [2.45, 2.75) is 34.7 Å². The van der Waals surface area contributed by atoms with Gasteiger partial charge in [-0.3, -0.25) is 0 Å². The molecule has 30 heavy (non-hydrogen) atoms. The van der Waals surface area contributed by atoms with Gasteiger partial charge in [0.15, 0.2) is 4.47 Å². The van der Waals surface area contributed by atoms with E-state index in [4.69, 9.17) is 39.5 Å². The Morgan fingerprint density at radius 1 is 1.13 bits per heavy atom. The standard InChI is InChI=1S/C17H15Cl3N4O4S2/c18-8-2-1-7(3-9(8)19)30-16-15(27)13(14(26)12(5-25)28-16)24-4-10(22-23-24)11-6-29-17(20)21-11/h1-4,6,12-16,25-27H,5H2/t12?,13?,14-,15?,16+/m0/s1. The van der Waals surface area contributed by atoms with Crippen LogP contribution in [-0.4, -0.2) is 65.7 Å². The Balaban J connectivity index is 1.61. The van der Waals surface area contributed by atoms with Gasteiger partial charge in [0.25, 0.3) is 0 Å². The molecule has 3 N–H and O–H groups in total. The van der Waals surface area contributed by atoms with Crippen LogP contribution in [0, 0.1) is 0 Å². The fraction of sp³-hybridized carbons (Fsp3) is 0.353. The van der Waals surface area contributed by atoms with E-state index in [9.17, 15) is 15.3 Å². The number of hydrogen-bond donors (Lipinski definition) is 3. The summed E-state index contributed by atoms with van der Waals surface area (Å²) in [5.74, 6) is 0. The molecule has 1 aliphatic rings. The number of thiazole rings is 1. The third kappa shape index (κ3) is 4.47. The van der Waals surface area contributed by atoms with Crippen LogP contribution >= 0.6 is 57.9 Å². The topological polar surface area (TPSA) is 114 Å². The number of hydrogen-bond acceptors (Lipinski definition) is 9. The smallest absolute Gasteiger partial charge is 0.184 e. The van der Waals surface area contributed by atoms with Crippen molar-refractivity contribution < 1.29 is 20.1 Å². The number of aromatic nitrogens is 4. The molecule has 1 aromatic carbocycles. The van der Waals surface area contributed by atoms with Crippen LogP contribution in [-0.2, 0) is 4.74 Å². The number of rotatable bonds is 5. The van der Waals surface area contributed by atoms with Crippen molar-refractivity contribution in [1.82, 2.24) is 20.0 Å². The highest BCUT2D eigenvalue weighted by Crippen LogP contribution is 2.39. The summed E-state index contributed by atoms with van der Waals surface area (Å²) in [5.41, 5.74) is 0.167. The molecule has 3 heterocycles. The van der Waals surface area contributed by atoms with Gasteiger partial charge in [-0.1, -0.05) is 51.8 Å². The van der Waals surface area contributed by atoms with Crippen LogP contribution in [0.2, 0.25) is 14.5 Å². The lowest BCUT2D eigenvalue weighted by Gasteiger charge is -2.41. The van der Waals surface area contributed by atoms with Crippen LogP contribution in [0.25, 0.3) is 11.4 Å². The van der Waals surface area contributed by atoms with Crippen molar-refractivity contribution in [2.75, 3.05) is 6.61 Å². The number of aliphatic hydroxyl groups is 3. The van der Waals surface area contributed by atoms with E-state index in [-0.39, 0.29) is 0 Å². The molecule has 1 aliphatic heterocycles. The molecule has 2 aromatic heterocycles. The molecule has 0 amide bonds. The van der Waals surface area contributed by atoms with E-state index in [1.165, 1.54) is 27.8 Å². The maximum Gasteiger partial charge on any atom is 0.184 e. The number of halogens is 3. The lowest BCUT2D eigenvalue weighted by molar-refractivity contribution is -0.178. The molecule has 8 nitrogen and oxygen atoms in total. The summed E-state index contributed by atoms with van der Waals surface area (Å²) in [6, 6.07) is 4.12. The van der Waals surface area contributed by atoms with Gasteiger partial charge in [0.1, 0.15) is 41.2 Å². The van der Waals surface area contributed by atoms with Gasteiger partial charge in [0, 0.05) is 10.3 Å². The quantitative estimate of drug-likeness (QED) is 0.481. The summed E-state index contributed by atoms with van der Waals surface area (Å²) < 4.78 is 7.45. The van der Waals surface area contributed by atoms with Gasteiger partial charge < -0.3 is 20.1 Å². The summed E-state index contributed by atoms with van der Waals surface area (Å²) in [4.78, 5) is 4.85. The van der Waals surface area contributed by atoms with E-state index < -0.39 is 36.4 Å². The van der Waals surface area contributed by atoms with Crippen LogP contribution in [0.4, 0.5) is 0 Å². The second-order valence-corrected chi connectivity index (χ2v) is 9.89. The normalized spacial score (nSPS) is 26.8. The number of aliphatic hydroxyl groups excluding tert-OH is 3. The van der Waals surface area contributed by atoms with E-state index in [1.54, 1.807) is 29.8 Å². The number of ether oxygens (including phenoxy) is 1. The Labute approximate surface area is 194 Å². The van der Waals surface area contributed by atoms with Crippen LogP contribution in [0.1, 0.15) is 6.04 Å². The van der Waals surface area contributed by atoms with Gasteiger partial charge in [0.05, 0.1) is 22.8 Å². The molecule has 1 fully saturated rings. The zero-order valence-corrected chi connectivity index (χ0v) is 18.9. The molecular weight excluding hydrogens is 495 g/mol. The van der Waals surface area contributed by atoms with Crippen LogP contribution in [0.5, 0.6) is 0 Å². The van der Waals surface area contributed by atoms with Gasteiger partial charge in [-0.25, -0.2) is 9.67 Å². The average Bonchev–Trinajstić information content (AvgIpc) is 3.36. The molecule has 0 radical (unpaired) electrons. The summed E-state index contributed by atoms with van der Waals surface area (Å²) in [6.07, 6.45) is -1.76. The third-order valence-electron chi connectivity index (χ3n) is 4.55. The Morgan fingerprint density at radius 2 is 1.93 bits per heavy atom. The fourth-order valence-electron chi connectivity index (χ4n) is 3.07. The molecule has 5 atom stereocenters. The first kappa shape index (κ1) is 22.3. The molecular formula is C17H15Cl3N4O4S2. The van der Waals surface area contributed by atoms with Gasteiger partial charge >= 0.3 is 0 Å². The van der Waals surface area contributed by atoms with Gasteiger partial charge in [-0.05, 0) is 18.2 Å². The Morgan fingerprint density at radius 3 is 2.60 bits per heavy atom. The van der Waals surface area contributed by atoms with Crippen LogP contribution < -0.4 is 0 Å². The maximum atomic E-state index is 11.0. The van der Waals surface area contributed by atoms with E-state index >= 15 is 0 Å². The van der Waals surface area contributed by atoms with Gasteiger partial charge in [-0.2, -0.15) is 0 Å². The maximum absolute atomic E-state index is 11.0. The molecule has 0 bridgehead atoms. The van der Waals surface area contributed by atoms with Crippen molar-refractivity contribution in [2.24, 2.45) is 0 Å². The Kier molecular flexibility index (Phi) is 6.88. The van der Waals surface area contributed by atoms with Crippen molar-refractivity contribution >= 4 is 57.9 Å². The van der Waals surface area contributed by atoms with Crippen LogP contribution in [0.3, 0.4) is 0 Å². The van der Waals surface area contributed by atoms with E-state index in [0.717, 1.165) is 0 Å². The Bertz CT molecular complexity index is 1040. The van der Waals surface area contributed by atoms with Gasteiger partial charge in [-0.15, -0.1) is 16.4 Å². The minimum absolute atomic E-state index is 0.365. The zero-order valence-electron chi connectivity index (χ0n) is 15.0. The van der Waals surface area contributed by atoms with Crippen molar-refractivity contribution in [3.05, 3.63) is 44.3 Å².